The lowest BCUT2D eigenvalue weighted by Crippen LogP contribution is -2.08. The van der Waals surface area contributed by atoms with Gasteiger partial charge in [-0.2, -0.15) is 0 Å². The summed E-state index contributed by atoms with van der Waals surface area (Å²) in [4.78, 5) is 11.4. The minimum absolute atomic E-state index is 0.0299. The third kappa shape index (κ3) is 2.87. The Labute approximate surface area is 96.1 Å². The number of rotatable bonds is 4. The Morgan fingerprint density at radius 1 is 1.44 bits per heavy atom. The van der Waals surface area contributed by atoms with Crippen molar-refractivity contribution in [1.29, 1.82) is 0 Å². The highest BCUT2D eigenvalue weighted by molar-refractivity contribution is 5.29. The molecule has 2 atom stereocenters. The third-order valence-corrected chi connectivity index (χ3v) is 3.12. The van der Waals surface area contributed by atoms with Gasteiger partial charge in [0.15, 0.2) is 0 Å². The van der Waals surface area contributed by atoms with E-state index in [1.165, 1.54) is 0 Å². The molecule has 0 fully saturated rings. The van der Waals surface area contributed by atoms with Crippen LogP contribution in [0.3, 0.4) is 0 Å². The van der Waals surface area contributed by atoms with Gasteiger partial charge in [0.25, 0.3) is 0 Å². The second kappa shape index (κ2) is 5.19. The minimum Gasteiger partial charge on any atom is -0.507 e. The minimum atomic E-state index is -0.439. The van der Waals surface area contributed by atoms with E-state index in [2.05, 4.69) is 13.8 Å². The largest absolute Gasteiger partial charge is 0.507 e. The Morgan fingerprint density at radius 3 is 2.56 bits per heavy atom. The highest BCUT2D eigenvalue weighted by Gasteiger charge is 2.15. The van der Waals surface area contributed by atoms with Crippen molar-refractivity contribution in [3.05, 3.63) is 27.8 Å². The van der Waals surface area contributed by atoms with Crippen molar-refractivity contribution in [2.45, 2.75) is 46.5 Å². The van der Waals surface area contributed by atoms with Crippen molar-refractivity contribution in [3.63, 3.8) is 0 Å². The molecule has 1 N–H and O–H groups in total. The molecule has 0 radical (unpaired) electrons. The van der Waals surface area contributed by atoms with Gasteiger partial charge < -0.3 is 9.52 Å². The highest BCUT2D eigenvalue weighted by Crippen LogP contribution is 2.26. The summed E-state index contributed by atoms with van der Waals surface area (Å²) < 4.78 is 5.18. The summed E-state index contributed by atoms with van der Waals surface area (Å²) in [5.74, 6) is 1.36. The molecule has 0 saturated carbocycles. The van der Waals surface area contributed by atoms with E-state index >= 15 is 0 Å². The molecular formula is C13H20O3. The molecule has 0 spiro atoms. The van der Waals surface area contributed by atoms with Crippen LogP contribution >= 0.6 is 0 Å². The molecule has 0 saturated heterocycles. The van der Waals surface area contributed by atoms with Crippen LogP contribution in [0.1, 0.15) is 50.9 Å². The van der Waals surface area contributed by atoms with Crippen LogP contribution < -0.4 is 5.63 Å². The molecule has 0 bridgehead atoms. The van der Waals surface area contributed by atoms with Crippen LogP contribution in [0.15, 0.2) is 15.3 Å². The normalized spacial score (nSPS) is 14.8. The fourth-order valence-electron chi connectivity index (χ4n) is 1.69. The van der Waals surface area contributed by atoms with Gasteiger partial charge in [-0.3, -0.25) is 0 Å². The Balaban J connectivity index is 2.92. The lowest BCUT2D eigenvalue weighted by atomic mass is 9.93. The first-order valence-electron chi connectivity index (χ1n) is 5.79. The lowest BCUT2D eigenvalue weighted by molar-refractivity contribution is 0.369. The molecule has 0 aliphatic carbocycles. The van der Waals surface area contributed by atoms with Crippen LogP contribution in [-0.4, -0.2) is 5.11 Å². The second-order valence-electron chi connectivity index (χ2n) is 4.60. The third-order valence-electron chi connectivity index (χ3n) is 3.12. The Morgan fingerprint density at radius 2 is 2.06 bits per heavy atom. The van der Waals surface area contributed by atoms with E-state index in [0.717, 1.165) is 12.8 Å². The molecule has 90 valence electrons. The number of hydrogen-bond donors (Lipinski definition) is 1. The Kier molecular flexibility index (Phi) is 4.16. The van der Waals surface area contributed by atoms with Crippen LogP contribution in [-0.2, 0) is 0 Å². The van der Waals surface area contributed by atoms with Gasteiger partial charge in [-0.25, -0.2) is 4.79 Å². The van der Waals surface area contributed by atoms with E-state index in [1.807, 2.05) is 6.92 Å². The molecule has 1 rings (SSSR count). The van der Waals surface area contributed by atoms with Crippen molar-refractivity contribution >= 4 is 0 Å². The van der Waals surface area contributed by atoms with Crippen molar-refractivity contribution in [2.24, 2.45) is 5.92 Å². The van der Waals surface area contributed by atoms with Crippen LogP contribution in [0.4, 0.5) is 0 Å². The van der Waals surface area contributed by atoms with Crippen LogP contribution in [0.2, 0.25) is 0 Å². The molecule has 1 aromatic heterocycles. The van der Waals surface area contributed by atoms with Crippen molar-refractivity contribution in [3.8, 4) is 5.75 Å². The molecule has 0 amide bonds. The van der Waals surface area contributed by atoms with Gasteiger partial charge in [0.2, 0.25) is 0 Å². The quantitative estimate of drug-likeness (QED) is 0.854. The van der Waals surface area contributed by atoms with Crippen molar-refractivity contribution in [2.75, 3.05) is 0 Å². The SMILES string of the molecule is CC[C@H](C)C[C@H](C)c1cc(O)c(C)c(=O)o1. The van der Waals surface area contributed by atoms with E-state index in [9.17, 15) is 9.90 Å². The fraction of sp³-hybridized carbons (Fsp3) is 0.615. The molecule has 1 heterocycles. The molecule has 3 nitrogen and oxygen atoms in total. The van der Waals surface area contributed by atoms with Crippen LogP contribution in [0.5, 0.6) is 5.75 Å². The average Bonchev–Trinajstić information content (AvgIpc) is 2.24. The first-order valence-corrected chi connectivity index (χ1v) is 5.79. The zero-order valence-corrected chi connectivity index (χ0v) is 10.4. The van der Waals surface area contributed by atoms with Gasteiger partial charge in [0, 0.05) is 12.0 Å². The summed E-state index contributed by atoms with van der Waals surface area (Å²) in [7, 11) is 0. The van der Waals surface area contributed by atoms with Crippen molar-refractivity contribution in [1.82, 2.24) is 0 Å². The summed E-state index contributed by atoms with van der Waals surface area (Å²) in [6.45, 7) is 7.88. The summed E-state index contributed by atoms with van der Waals surface area (Å²) >= 11 is 0. The van der Waals surface area contributed by atoms with E-state index in [1.54, 1.807) is 13.0 Å². The maximum atomic E-state index is 11.4. The maximum absolute atomic E-state index is 11.4. The Bertz CT molecular complexity index is 406. The summed E-state index contributed by atoms with van der Waals surface area (Å²) in [6.07, 6.45) is 2.06. The molecule has 0 aromatic carbocycles. The second-order valence-corrected chi connectivity index (χ2v) is 4.60. The van der Waals surface area contributed by atoms with Gasteiger partial charge in [-0.15, -0.1) is 0 Å². The monoisotopic (exact) mass is 224 g/mol. The van der Waals surface area contributed by atoms with Crippen molar-refractivity contribution < 1.29 is 9.52 Å². The highest BCUT2D eigenvalue weighted by atomic mass is 16.4. The van der Waals surface area contributed by atoms with Gasteiger partial charge in [0.05, 0.1) is 5.56 Å². The van der Waals surface area contributed by atoms with Crippen LogP contribution in [0.25, 0.3) is 0 Å². The van der Waals surface area contributed by atoms with E-state index in [-0.39, 0.29) is 17.2 Å². The first kappa shape index (κ1) is 12.8. The average molecular weight is 224 g/mol. The molecule has 0 unspecified atom stereocenters. The van der Waals surface area contributed by atoms with Gasteiger partial charge in [-0.1, -0.05) is 27.2 Å². The van der Waals surface area contributed by atoms with Crippen LogP contribution in [0, 0.1) is 12.8 Å². The molecule has 0 aliphatic rings. The Hall–Kier alpha value is -1.25. The molecule has 1 aromatic rings. The summed E-state index contributed by atoms with van der Waals surface area (Å²) in [5.41, 5.74) is -0.162. The summed E-state index contributed by atoms with van der Waals surface area (Å²) in [6, 6.07) is 1.56. The molecular weight excluding hydrogens is 204 g/mol. The molecule has 3 heteroatoms. The predicted octanol–water partition coefficient (Wildman–Crippen LogP) is 3.19. The smallest absolute Gasteiger partial charge is 0.342 e. The maximum Gasteiger partial charge on any atom is 0.342 e. The zero-order valence-electron chi connectivity index (χ0n) is 10.4. The lowest BCUT2D eigenvalue weighted by Gasteiger charge is -2.15. The topological polar surface area (TPSA) is 50.4 Å². The fourth-order valence-corrected chi connectivity index (χ4v) is 1.69. The van der Waals surface area contributed by atoms with E-state index < -0.39 is 5.63 Å². The molecule has 0 aliphatic heterocycles. The van der Waals surface area contributed by atoms with E-state index in [4.69, 9.17) is 4.42 Å². The summed E-state index contributed by atoms with van der Waals surface area (Å²) in [5, 5.41) is 9.56. The van der Waals surface area contributed by atoms with E-state index in [0.29, 0.717) is 11.7 Å². The first-order chi connectivity index (χ1) is 7.45. The van der Waals surface area contributed by atoms with Gasteiger partial charge >= 0.3 is 5.63 Å². The number of aromatic hydroxyl groups is 1. The predicted molar refractivity (Wildman–Crippen MR) is 63.9 cm³/mol. The zero-order chi connectivity index (χ0) is 12.3. The standard InChI is InChI=1S/C13H20O3/c1-5-8(2)6-9(3)12-7-11(14)10(4)13(15)16-12/h7-9,14H,5-6H2,1-4H3/t8-,9-/m0/s1. The number of hydrogen-bond acceptors (Lipinski definition) is 3. The van der Waals surface area contributed by atoms with Gasteiger partial charge in [-0.05, 0) is 19.3 Å². The van der Waals surface area contributed by atoms with Gasteiger partial charge in [0.1, 0.15) is 11.5 Å². The molecule has 16 heavy (non-hydrogen) atoms.